The number of para-hydroxylation sites is 1. The molecule has 0 bridgehead atoms. The Bertz CT molecular complexity index is 1350. The van der Waals surface area contributed by atoms with Crippen molar-refractivity contribution in [1.82, 2.24) is 20.8 Å². The van der Waals surface area contributed by atoms with E-state index in [9.17, 15) is 14.7 Å². The van der Waals surface area contributed by atoms with Crippen molar-refractivity contribution >= 4 is 11.9 Å². The summed E-state index contributed by atoms with van der Waals surface area (Å²) in [5, 5.41) is 19.2. The Labute approximate surface area is 188 Å². The van der Waals surface area contributed by atoms with Crippen molar-refractivity contribution in [3.63, 3.8) is 0 Å². The van der Waals surface area contributed by atoms with Crippen molar-refractivity contribution in [3.05, 3.63) is 78.4 Å². The van der Waals surface area contributed by atoms with Gasteiger partial charge in [0, 0.05) is 5.56 Å². The van der Waals surface area contributed by atoms with Crippen LogP contribution in [-0.2, 0) is 10.3 Å². The van der Waals surface area contributed by atoms with Crippen LogP contribution in [0.1, 0.15) is 12.5 Å². The van der Waals surface area contributed by atoms with Gasteiger partial charge >= 0.3 is 6.03 Å². The van der Waals surface area contributed by atoms with E-state index in [-0.39, 0.29) is 11.6 Å². The summed E-state index contributed by atoms with van der Waals surface area (Å²) in [6.07, 6.45) is 0. The highest BCUT2D eigenvalue weighted by Gasteiger charge is 2.43. The SMILES string of the molecule is CC1(c2ccc(-c3noc(-c4cc(Oc5ccccc5)ccc4O)n3)cc2)NC(=O)NC1=O. The maximum atomic E-state index is 12.1. The van der Waals surface area contributed by atoms with Gasteiger partial charge in [0.25, 0.3) is 11.8 Å². The van der Waals surface area contributed by atoms with E-state index in [0.717, 1.165) is 0 Å². The van der Waals surface area contributed by atoms with Gasteiger partial charge in [0.2, 0.25) is 5.82 Å². The van der Waals surface area contributed by atoms with Crippen molar-refractivity contribution in [2.24, 2.45) is 0 Å². The van der Waals surface area contributed by atoms with Crippen molar-refractivity contribution < 1.29 is 24.0 Å². The second-order valence-corrected chi connectivity index (χ2v) is 7.63. The van der Waals surface area contributed by atoms with Crippen LogP contribution in [0.25, 0.3) is 22.8 Å². The Balaban J connectivity index is 1.40. The first-order chi connectivity index (χ1) is 15.9. The van der Waals surface area contributed by atoms with Gasteiger partial charge in [0.05, 0.1) is 5.56 Å². The van der Waals surface area contributed by atoms with Crippen molar-refractivity contribution in [2.45, 2.75) is 12.5 Å². The zero-order valence-corrected chi connectivity index (χ0v) is 17.4. The van der Waals surface area contributed by atoms with Crippen LogP contribution in [0.15, 0.2) is 77.3 Å². The molecule has 1 atom stereocenters. The Morgan fingerprint density at radius 3 is 2.42 bits per heavy atom. The first-order valence-corrected chi connectivity index (χ1v) is 10.1. The van der Waals surface area contributed by atoms with E-state index in [1.54, 1.807) is 43.3 Å². The number of hydrogen-bond donors (Lipinski definition) is 3. The van der Waals surface area contributed by atoms with E-state index in [4.69, 9.17) is 9.26 Å². The molecule has 1 aliphatic heterocycles. The lowest BCUT2D eigenvalue weighted by molar-refractivity contribution is -0.123. The number of aromatic nitrogens is 2. The zero-order valence-electron chi connectivity index (χ0n) is 17.4. The predicted octanol–water partition coefficient (Wildman–Crippen LogP) is 3.96. The standard InChI is InChI=1S/C24H18N4O5/c1-24(22(30)26-23(31)27-24)15-9-7-14(8-10-15)20-25-21(33-28-20)18-13-17(11-12-19(18)29)32-16-5-3-2-4-6-16/h2-13,29H,1H3,(H2,26,27,30,31). The summed E-state index contributed by atoms with van der Waals surface area (Å²) in [6.45, 7) is 1.63. The number of nitrogens with one attached hydrogen (secondary N) is 2. The van der Waals surface area contributed by atoms with Crippen LogP contribution in [0.2, 0.25) is 0 Å². The molecule has 3 aromatic carbocycles. The summed E-state index contributed by atoms with van der Waals surface area (Å²) in [6, 6.07) is 20.3. The molecule has 3 amide bonds. The summed E-state index contributed by atoms with van der Waals surface area (Å²) in [5.41, 5.74) is 0.430. The molecular weight excluding hydrogens is 424 g/mol. The third-order valence-electron chi connectivity index (χ3n) is 5.37. The Hall–Kier alpha value is -4.66. The molecular formula is C24H18N4O5. The van der Waals surface area contributed by atoms with Gasteiger partial charge in [-0.3, -0.25) is 10.1 Å². The molecule has 9 heteroatoms. The van der Waals surface area contributed by atoms with Crippen LogP contribution >= 0.6 is 0 Å². The Morgan fingerprint density at radius 2 is 1.73 bits per heavy atom. The van der Waals surface area contributed by atoms with Crippen molar-refractivity contribution in [3.8, 4) is 40.1 Å². The van der Waals surface area contributed by atoms with Gasteiger partial charge in [-0.1, -0.05) is 47.6 Å². The van der Waals surface area contributed by atoms with Gasteiger partial charge in [0.1, 0.15) is 22.8 Å². The molecule has 0 radical (unpaired) electrons. The number of amides is 3. The fraction of sp³-hybridized carbons (Fsp3) is 0.0833. The summed E-state index contributed by atoms with van der Waals surface area (Å²) >= 11 is 0. The number of aromatic hydroxyl groups is 1. The average Bonchev–Trinajstić information content (AvgIpc) is 3.40. The van der Waals surface area contributed by atoms with Gasteiger partial charge < -0.3 is 19.7 Å². The minimum atomic E-state index is -1.15. The van der Waals surface area contributed by atoms with Gasteiger partial charge in [0.15, 0.2) is 0 Å². The van der Waals surface area contributed by atoms with Crippen molar-refractivity contribution in [2.75, 3.05) is 0 Å². The van der Waals surface area contributed by atoms with Crippen molar-refractivity contribution in [1.29, 1.82) is 0 Å². The molecule has 1 aromatic heterocycles. The molecule has 9 nitrogen and oxygen atoms in total. The number of rotatable bonds is 5. The molecule has 0 saturated carbocycles. The zero-order chi connectivity index (χ0) is 23.0. The molecule has 3 N–H and O–H groups in total. The number of hydrogen-bond acceptors (Lipinski definition) is 7. The van der Waals surface area contributed by atoms with Crippen LogP contribution in [0.5, 0.6) is 17.2 Å². The molecule has 33 heavy (non-hydrogen) atoms. The Kier molecular flexibility index (Phi) is 4.78. The molecule has 1 saturated heterocycles. The molecule has 1 unspecified atom stereocenters. The van der Waals surface area contributed by atoms with Crippen LogP contribution < -0.4 is 15.4 Å². The summed E-state index contributed by atoms with van der Waals surface area (Å²) in [7, 11) is 0. The van der Waals surface area contributed by atoms with Crippen LogP contribution in [0.3, 0.4) is 0 Å². The highest BCUT2D eigenvalue weighted by atomic mass is 16.5. The molecule has 5 rings (SSSR count). The van der Waals surface area contributed by atoms with Crippen LogP contribution in [-0.4, -0.2) is 27.2 Å². The lowest BCUT2D eigenvalue weighted by Crippen LogP contribution is -2.40. The van der Waals surface area contributed by atoms with Gasteiger partial charge in [-0.2, -0.15) is 4.98 Å². The van der Waals surface area contributed by atoms with Crippen LogP contribution in [0.4, 0.5) is 4.79 Å². The molecule has 1 aliphatic rings. The normalized spacial score (nSPS) is 17.5. The largest absolute Gasteiger partial charge is 0.507 e. The van der Waals surface area contributed by atoms with Gasteiger partial charge in [-0.25, -0.2) is 4.79 Å². The van der Waals surface area contributed by atoms with Gasteiger partial charge in [-0.05, 0) is 42.8 Å². The van der Waals surface area contributed by atoms with E-state index in [1.807, 2.05) is 30.3 Å². The summed E-state index contributed by atoms with van der Waals surface area (Å²) in [4.78, 5) is 28.0. The van der Waals surface area contributed by atoms with Gasteiger partial charge in [-0.15, -0.1) is 0 Å². The number of ether oxygens (including phenoxy) is 1. The quantitative estimate of drug-likeness (QED) is 0.399. The van der Waals surface area contributed by atoms with Crippen LogP contribution in [0, 0.1) is 0 Å². The lowest BCUT2D eigenvalue weighted by Gasteiger charge is -2.20. The lowest BCUT2D eigenvalue weighted by atomic mass is 9.91. The number of urea groups is 1. The fourth-order valence-corrected chi connectivity index (χ4v) is 3.52. The second-order valence-electron chi connectivity index (χ2n) is 7.63. The topological polar surface area (TPSA) is 127 Å². The Morgan fingerprint density at radius 1 is 0.970 bits per heavy atom. The first-order valence-electron chi connectivity index (χ1n) is 10.1. The number of carbonyl (C=O) groups is 2. The van der Waals surface area contributed by atoms with E-state index in [0.29, 0.717) is 34.0 Å². The number of carbonyl (C=O) groups excluding carboxylic acids is 2. The number of imide groups is 1. The number of phenolic OH excluding ortho intramolecular Hbond substituents is 1. The highest BCUT2D eigenvalue weighted by Crippen LogP contribution is 2.34. The fourth-order valence-electron chi connectivity index (χ4n) is 3.52. The second kappa shape index (κ2) is 7.79. The number of nitrogens with zero attached hydrogens (tertiary/aromatic N) is 2. The average molecular weight is 442 g/mol. The molecule has 164 valence electrons. The van der Waals surface area contributed by atoms with E-state index < -0.39 is 17.5 Å². The maximum absolute atomic E-state index is 12.1. The summed E-state index contributed by atoms with van der Waals surface area (Å²) in [5.74, 6) is 1.13. The third-order valence-corrected chi connectivity index (χ3v) is 5.37. The van der Waals surface area contributed by atoms with E-state index in [2.05, 4.69) is 20.8 Å². The smallest absolute Gasteiger partial charge is 0.322 e. The van der Waals surface area contributed by atoms with E-state index in [1.165, 1.54) is 6.07 Å². The third kappa shape index (κ3) is 3.76. The maximum Gasteiger partial charge on any atom is 0.322 e. The van der Waals surface area contributed by atoms with E-state index >= 15 is 0 Å². The predicted molar refractivity (Wildman–Crippen MR) is 117 cm³/mol. The molecule has 2 heterocycles. The molecule has 4 aromatic rings. The molecule has 0 spiro atoms. The minimum Gasteiger partial charge on any atom is -0.507 e. The molecule has 1 fully saturated rings. The number of phenols is 1. The minimum absolute atomic E-state index is 0.0307. The summed E-state index contributed by atoms with van der Waals surface area (Å²) < 4.78 is 11.2. The monoisotopic (exact) mass is 442 g/mol. The highest BCUT2D eigenvalue weighted by molar-refractivity contribution is 6.07. The first kappa shape index (κ1) is 20.3. The number of benzene rings is 3. The molecule has 0 aliphatic carbocycles.